The van der Waals surface area contributed by atoms with Crippen molar-refractivity contribution in [2.45, 2.75) is 19.3 Å². The molecule has 1 atom stereocenters. The van der Waals surface area contributed by atoms with Crippen molar-refractivity contribution in [1.82, 2.24) is 0 Å². The number of Topliss-reactive ketones (excluding diaryl/α,β-unsaturated/α-hetero) is 1. The Hall–Kier alpha value is -1.22. The molecule has 1 aromatic carbocycles. The quantitative estimate of drug-likeness (QED) is 0.781. The number of ether oxygens (including phenoxy) is 1. The normalized spacial score (nSPS) is 19.9. The second kappa shape index (κ2) is 5.21. The predicted octanol–water partition coefficient (Wildman–Crippen LogP) is 2.36. The topological polar surface area (TPSA) is 26.3 Å². The molecule has 0 N–H and O–H groups in total. The van der Waals surface area contributed by atoms with Crippen LogP contribution in [0.25, 0.3) is 0 Å². The third kappa shape index (κ3) is 2.89. The van der Waals surface area contributed by atoms with Gasteiger partial charge in [0.25, 0.3) is 0 Å². The maximum atomic E-state index is 13.3. The SMILES string of the molecule is O=C(Cc1ccccc1F)CC1CCOC1. The summed E-state index contributed by atoms with van der Waals surface area (Å²) in [5.41, 5.74) is 0.492. The van der Waals surface area contributed by atoms with Crippen LogP contribution in [0.1, 0.15) is 18.4 Å². The Morgan fingerprint density at radius 1 is 1.44 bits per heavy atom. The minimum absolute atomic E-state index is 0.0978. The van der Waals surface area contributed by atoms with Gasteiger partial charge in [-0.2, -0.15) is 0 Å². The minimum atomic E-state index is -0.293. The fourth-order valence-electron chi connectivity index (χ4n) is 1.99. The number of carbonyl (C=O) groups excluding carboxylic acids is 1. The highest BCUT2D eigenvalue weighted by Gasteiger charge is 2.19. The molecule has 1 aromatic rings. The molecule has 1 aliphatic heterocycles. The lowest BCUT2D eigenvalue weighted by molar-refractivity contribution is -0.119. The van der Waals surface area contributed by atoms with E-state index in [1.807, 2.05) is 0 Å². The van der Waals surface area contributed by atoms with E-state index in [1.165, 1.54) is 6.07 Å². The number of benzene rings is 1. The molecule has 16 heavy (non-hydrogen) atoms. The van der Waals surface area contributed by atoms with Crippen molar-refractivity contribution in [3.05, 3.63) is 35.6 Å². The first-order valence-corrected chi connectivity index (χ1v) is 5.58. The van der Waals surface area contributed by atoms with E-state index in [1.54, 1.807) is 18.2 Å². The van der Waals surface area contributed by atoms with Gasteiger partial charge in [0.05, 0.1) is 0 Å². The molecule has 0 saturated carbocycles. The van der Waals surface area contributed by atoms with Crippen LogP contribution in [-0.4, -0.2) is 19.0 Å². The number of carbonyl (C=O) groups is 1. The summed E-state index contributed by atoms with van der Waals surface area (Å²) in [6, 6.07) is 6.44. The summed E-state index contributed by atoms with van der Waals surface area (Å²) < 4.78 is 18.5. The van der Waals surface area contributed by atoms with Gasteiger partial charge < -0.3 is 4.74 Å². The molecule has 1 saturated heterocycles. The second-order valence-electron chi connectivity index (χ2n) is 4.24. The highest BCUT2D eigenvalue weighted by molar-refractivity contribution is 5.81. The van der Waals surface area contributed by atoms with Gasteiger partial charge in [0.2, 0.25) is 0 Å². The van der Waals surface area contributed by atoms with Gasteiger partial charge in [0.15, 0.2) is 0 Å². The van der Waals surface area contributed by atoms with Crippen molar-refractivity contribution in [1.29, 1.82) is 0 Å². The predicted molar refractivity (Wildman–Crippen MR) is 58.7 cm³/mol. The number of halogens is 1. The molecule has 3 heteroatoms. The first kappa shape index (κ1) is 11.3. The number of rotatable bonds is 4. The highest BCUT2D eigenvalue weighted by Crippen LogP contribution is 2.18. The van der Waals surface area contributed by atoms with Crippen LogP contribution in [0.2, 0.25) is 0 Å². The van der Waals surface area contributed by atoms with E-state index in [2.05, 4.69) is 0 Å². The van der Waals surface area contributed by atoms with Gasteiger partial charge in [-0.1, -0.05) is 18.2 Å². The van der Waals surface area contributed by atoms with Crippen LogP contribution in [0, 0.1) is 11.7 Å². The highest BCUT2D eigenvalue weighted by atomic mass is 19.1. The third-order valence-electron chi connectivity index (χ3n) is 2.89. The van der Waals surface area contributed by atoms with Gasteiger partial charge in [-0.25, -0.2) is 4.39 Å². The van der Waals surface area contributed by atoms with Crippen molar-refractivity contribution in [2.24, 2.45) is 5.92 Å². The van der Waals surface area contributed by atoms with E-state index in [0.717, 1.165) is 13.0 Å². The summed E-state index contributed by atoms with van der Waals surface area (Å²) in [6.07, 6.45) is 1.65. The van der Waals surface area contributed by atoms with Crippen LogP contribution in [0.4, 0.5) is 4.39 Å². The maximum absolute atomic E-state index is 13.3. The zero-order chi connectivity index (χ0) is 11.4. The molecule has 2 nitrogen and oxygen atoms in total. The Morgan fingerprint density at radius 3 is 2.94 bits per heavy atom. The molecule has 0 spiro atoms. The van der Waals surface area contributed by atoms with E-state index < -0.39 is 0 Å². The lowest BCUT2D eigenvalue weighted by Crippen LogP contribution is -2.11. The van der Waals surface area contributed by atoms with Crippen molar-refractivity contribution in [3.8, 4) is 0 Å². The van der Waals surface area contributed by atoms with Crippen molar-refractivity contribution >= 4 is 5.78 Å². The maximum Gasteiger partial charge on any atom is 0.137 e. The van der Waals surface area contributed by atoms with Crippen molar-refractivity contribution in [2.75, 3.05) is 13.2 Å². The molecule has 86 valence electrons. The minimum Gasteiger partial charge on any atom is -0.381 e. The van der Waals surface area contributed by atoms with Crippen LogP contribution >= 0.6 is 0 Å². The third-order valence-corrected chi connectivity index (χ3v) is 2.89. The van der Waals surface area contributed by atoms with Crippen LogP contribution in [0.5, 0.6) is 0 Å². The fraction of sp³-hybridized carbons (Fsp3) is 0.462. The molecule has 2 rings (SSSR count). The monoisotopic (exact) mass is 222 g/mol. The summed E-state index contributed by atoms with van der Waals surface area (Å²) in [5, 5.41) is 0. The zero-order valence-corrected chi connectivity index (χ0v) is 9.12. The molecule has 0 aromatic heterocycles. The summed E-state index contributed by atoms with van der Waals surface area (Å²) in [6.45, 7) is 1.42. The number of ketones is 1. The molecule has 1 fully saturated rings. The Balaban J connectivity index is 1.89. The van der Waals surface area contributed by atoms with E-state index in [-0.39, 0.29) is 18.0 Å². The Morgan fingerprint density at radius 2 is 2.25 bits per heavy atom. The summed E-state index contributed by atoms with van der Waals surface area (Å²) in [5.74, 6) is 0.137. The Kier molecular flexibility index (Phi) is 3.67. The van der Waals surface area contributed by atoms with E-state index in [9.17, 15) is 9.18 Å². The molecule has 0 radical (unpaired) electrons. The lowest BCUT2D eigenvalue weighted by Gasteiger charge is -2.06. The average Bonchev–Trinajstić information content (AvgIpc) is 2.74. The van der Waals surface area contributed by atoms with E-state index in [0.29, 0.717) is 24.5 Å². The Labute approximate surface area is 94.4 Å². The van der Waals surface area contributed by atoms with Crippen LogP contribution < -0.4 is 0 Å². The Bertz CT molecular complexity index is 370. The van der Waals surface area contributed by atoms with Gasteiger partial charge >= 0.3 is 0 Å². The van der Waals surface area contributed by atoms with Gasteiger partial charge in [-0.15, -0.1) is 0 Å². The molecule has 1 aliphatic rings. The molecule has 1 unspecified atom stereocenters. The summed E-state index contributed by atoms with van der Waals surface area (Å²) in [7, 11) is 0. The van der Waals surface area contributed by atoms with Gasteiger partial charge in [-0.3, -0.25) is 4.79 Å². The number of hydrogen-bond donors (Lipinski definition) is 0. The molecule has 0 bridgehead atoms. The zero-order valence-electron chi connectivity index (χ0n) is 9.12. The first-order chi connectivity index (χ1) is 7.75. The van der Waals surface area contributed by atoms with Crippen molar-refractivity contribution in [3.63, 3.8) is 0 Å². The van der Waals surface area contributed by atoms with E-state index >= 15 is 0 Å². The fourth-order valence-corrected chi connectivity index (χ4v) is 1.99. The number of hydrogen-bond acceptors (Lipinski definition) is 2. The summed E-state index contributed by atoms with van der Waals surface area (Å²) in [4.78, 5) is 11.7. The van der Waals surface area contributed by atoms with Crippen LogP contribution in [0.15, 0.2) is 24.3 Å². The lowest BCUT2D eigenvalue weighted by atomic mass is 9.98. The van der Waals surface area contributed by atoms with Crippen LogP contribution in [0.3, 0.4) is 0 Å². The molecule has 1 heterocycles. The average molecular weight is 222 g/mol. The summed E-state index contributed by atoms with van der Waals surface area (Å²) >= 11 is 0. The van der Waals surface area contributed by atoms with Gasteiger partial charge in [0, 0.05) is 26.1 Å². The van der Waals surface area contributed by atoms with Gasteiger partial charge in [0.1, 0.15) is 11.6 Å². The van der Waals surface area contributed by atoms with Gasteiger partial charge in [-0.05, 0) is 24.0 Å². The molecule has 0 amide bonds. The molecular weight excluding hydrogens is 207 g/mol. The smallest absolute Gasteiger partial charge is 0.137 e. The van der Waals surface area contributed by atoms with Crippen LogP contribution in [-0.2, 0) is 16.0 Å². The second-order valence-corrected chi connectivity index (χ2v) is 4.24. The largest absolute Gasteiger partial charge is 0.381 e. The molecular formula is C13H15FO2. The molecule has 0 aliphatic carbocycles. The van der Waals surface area contributed by atoms with Crippen molar-refractivity contribution < 1.29 is 13.9 Å². The first-order valence-electron chi connectivity index (χ1n) is 5.58. The standard InChI is InChI=1S/C13H15FO2/c14-13-4-2-1-3-11(13)8-12(15)7-10-5-6-16-9-10/h1-4,10H,5-9H2. The van der Waals surface area contributed by atoms with E-state index in [4.69, 9.17) is 4.74 Å².